The van der Waals surface area contributed by atoms with Crippen LogP contribution in [-0.4, -0.2) is 26.6 Å². The summed E-state index contributed by atoms with van der Waals surface area (Å²) in [5, 5.41) is 0. The Balaban J connectivity index is 3.92. The molecule has 4 nitrogen and oxygen atoms in total. The summed E-state index contributed by atoms with van der Waals surface area (Å²) in [6, 6.07) is 0.00620. The maximum atomic E-state index is 5.37. The average molecular weight is 188 g/mol. The molecule has 0 bridgehead atoms. The number of methoxy groups -OCH3 is 2. The minimum absolute atomic E-state index is 0.00620. The van der Waals surface area contributed by atoms with Crippen LogP contribution in [0.4, 0.5) is 0 Å². The Bertz CT molecular complexity index is 147. The highest BCUT2D eigenvalue weighted by molar-refractivity contribution is 4.89. The van der Waals surface area contributed by atoms with E-state index in [4.69, 9.17) is 15.3 Å². The van der Waals surface area contributed by atoms with E-state index in [0.29, 0.717) is 0 Å². The van der Waals surface area contributed by atoms with Gasteiger partial charge in [-0.3, -0.25) is 11.3 Å². The topological polar surface area (TPSA) is 56.5 Å². The highest BCUT2D eigenvalue weighted by Gasteiger charge is 2.18. The summed E-state index contributed by atoms with van der Waals surface area (Å²) in [7, 11) is 3.19. The molecule has 0 saturated heterocycles. The molecular weight excluding hydrogens is 168 g/mol. The third kappa shape index (κ3) is 5.00. The zero-order chi connectivity index (χ0) is 10.3. The number of ether oxygens (including phenoxy) is 2. The fourth-order valence-electron chi connectivity index (χ4n) is 1.12. The van der Waals surface area contributed by atoms with Crippen molar-refractivity contribution in [1.29, 1.82) is 0 Å². The van der Waals surface area contributed by atoms with Gasteiger partial charge < -0.3 is 9.47 Å². The van der Waals surface area contributed by atoms with Crippen LogP contribution in [0.2, 0.25) is 0 Å². The van der Waals surface area contributed by atoms with Gasteiger partial charge in [0.15, 0.2) is 6.29 Å². The monoisotopic (exact) mass is 188 g/mol. The van der Waals surface area contributed by atoms with E-state index in [1.165, 1.54) is 0 Å². The molecule has 0 aliphatic rings. The molecule has 0 spiro atoms. The van der Waals surface area contributed by atoms with E-state index in [1.807, 2.05) is 6.92 Å². The molecule has 0 radical (unpaired) electrons. The van der Waals surface area contributed by atoms with Crippen molar-refractivity contribution in [2.75, 3.05) is 14.2 Å². The first-order chi connectivity index (χ1) is 6.15. The van der Waals surface area contributed by atoms with Crippen LogP contribution in [0.3, 0.4) is 0 Å². The first kappa shape index (κ1) is 12.6. The summed E-state index contributed by atoms with van der Waals surface area (Å²) in [5.41, 5.74) is 3.80. The van der Waals surface area contributed by atoms with Gasteiger partial charge in [0, 0.05) is 14.2 Å². The predicted molar refractivity (Wildman–Crippen MR) is 53.0 cm³/mol. The van der Waals surface area contributed by atoms with Crippen LogP contribution in [0, 0.1) is 0 Å². The van der Waals surface area contributed by atoms with Gasteiger partial charge in [-0.2, -0.15) is 0 Å². The van der Waals surface area contributed by atoms with E-state index in [0.717, 1.165) is 18.4 Å². The Labute approximate surface area is 80.1 Å². The SMILES string of the molecule is C=C(C)CCC(NN)C(OC)OC. The second kappa shape index (κ2) is 7.03. The molecule has 0 amide bonds. The van der Waals surface area contributed by atoms with Crippen LogP contribution in [0.25, 0.3) is 0 Å². The van der Waals surface area contributed by atoms with E-state index < -0.39 is 0 Å². The van der Waals surface area contributed by atoms with Gasteiger partial charge in [-0.25, -0.2) is 0 Å². The minimum atomic E-state index is -0.302. The van der Waals surface area contributed by atoms with Crippen molar-refractivity contribution in [1.82, 2.24) is 5.43 Å². The number of allylic oxidation sites excluding steroid dienone is 1. The normalized spacial score (nSPS) is 13.3. The molecule has 0 fully saturated rings. The molecule has 0 saturated carbocycles. The van der Waals surface area contributed by atoms with E-state index in [2.05, 4.69) is 12.0 Å². The standard InChI is InChI=1S/C9H20N2O2/c1-7(2)5-6-8(11-10)9(12-3)13-4/h8-9,11H,1,5-6,10H2,2-4H3. The molecule has 0 aliphatic carbocycles. The summed E-state index contributed by atoms with van der Waals surface area (Å²) >= 11 is 0. The minimum Gasteiger partial charge on any atom is -0.354 e. The maximum absolute atomic E-state index is 5.37. The molecule has 4 heteroatoms. The Hall–Kier alpha value is -0.420. The van der Waals surface area contributed by atoms with E-state index in [-0.39, 0.29) is 12.3 Å². The van der Waals surface area contributed by atoms with Crippen molar-refractivity contribution in [2.45, 2.75) is 32.1 Å². The number of hydrazine groups is 1. The Kier molecular flexibility index (Phi) is 6.80. The molecule has 13 heavy (non-hydrogen) atoms. The van der Waals surface area contributed by atoms with Gasteiger partial charge in [0.2, 0.25) is 0 Å². The molecule has 3 N–H and O–H groups in total. The molecule has 78 valence electrons. The lowest BCUT2D eigenvalue weighted by atomic mass is 10.1. The first-order valence-electron chi connectivity index (χ1n) is 4.31. The highest BCUT2D eigenvalue weighted by Crippen LogP contribution is 2.09. The number of nitrogens with one attached hydrogen (secondary N) is 1. The fourth-order valence-corrected chi connectivity index (χ4v) is 1.12. The summed E-state index contributed by atoms with van der Waals surface area (Å²) in [4.78, 5) is 0. The quantitative estimate of drug-likeness (QED) is 0.268. The molecule has 0 heterocycles. The second-order valence-corrected chi connectivity index (χ2v) is 3.11. The number of rotatable bonds is 7. The van der Waals surface area contributed by atoms with Crippen LogP contribution in [0.1, 0.15) is 19.8 Å². The zero-order valence-electron chi connectivity index (χ0n) is 8.67. The van der Waals surface area contributed by atoms with Crippen molar-refractivity contribution in [3.63, 3.8) is 0 Å². The van der Waals surface area contributed by atoms with Crippen molar-refractivity contribution >= 4 is 0 Å². The Morgan fingerprint density at radius 1 is 1.46 bits per heavy atom. The molecule has 0 aromatic carbocycles. The molecule has 1 unspecified atom stereocenters. The largest absolute Gasteiger partial charge is 0.354 e. The van der Waals surface area contributed by atoms with E-state index in [1.54, 1.807) is 14.2 Å². The predicted octanol–water partition coefficient (Wildman–Crippen LogP) is 0.794. The summed E-state index contributed by atoms with van der Waals surface area (Å²) in [6.45, 7) is 5.81. The summed E-state index contributed by atoms with van der Waals surface area (Å²) < 4.78 is 10.2. The van der Waals surface area contributed by atoms with E-state index in [9.17, 15) is 0 Å². The first-order valence-corrected chi connectivity index (χ1v) is 4.31. The van der Waals surface area contributed by atoms with Crippen molar-refractivity contribution in [3.05, 3.63) is 12.2 Å². The van der Waals surface area contributed by atoms with Crippen LogP contribution in [-0.2, 0) is 9.47 Å². The number of nitrogens with two attached hydrogens (primary N) is 1. The van der Waals surface area contributed by atoms with Crippen molar-refractivity contribution in [3.8, 4) is 0 Å². The smallest absolute Gasteiger partial charge is 0.173 e. The second-order valence-electron chi connectivity index (χ2n) is 3.11. The summed E-state index contributed by atoms with van der Waals surface area (Å²) in [6.07, 6.45) is 1.47. The summed E-state index contributed by atoms with van der Waals surface area (Å²) in [5.74, 6) is 5.37. The lowest BCUT2D eigenvalue weighted by molar-refractivity contribution is -0.124. The molecule has 0 aliphatic heterocycles. The van der Waals surface area contributed by atoms with Crippen LogP contribution >= 0.6 is 0 Å². The maximum Gasteiger partial charge on any atom is 0.173 e. The molecule has 0 rings (SSSR count). The molecule has 0 aromatic heterocycles. The van der Waals surface area contributed by atoms with Crippen molar-refractivity contribution in [2.24, 2.45) is 5.84 Å². The number of hydrogen-bond acceptors (Lipinski definition) is 4. The third-order valence-corrected chi connectivity index (χ3v) is 1.89. The van der Waals surface area contributed by atoms with Gasteiger partial charge in [-0.05, 0) is 19.8 Å². The van der Waals surface area contributed by atoms with Crippen LogP contribution in [0.5, 0.6) is 0 Å². The van der Waals surface area contributed by atoms with Crippen molar-refractivity contribution < 1.29 is 9.47 Å². The van der Waals surface area contributed by atoms with E-state index >= 15 is 0 Å². The fraction of sp³-hybridized carbons (Fsp3) is 0.778. The lowest BCUT2D eigenvalue weighted by Gasteiger charge is -2.23. The zero-order valence-corrected chi connectivity index (χ0v) is 8.67. The van der Waals surface area contributed by atoms with Crippen LogP contribution in [0.15, 0.2) is 12.2 Å². The van der Waals surface area contributed by atoms with Gasteiger partial charge in [0.05, 0.1) is 6.04 Å². The van der Waals surface area contributed by atoms with Crippen LogP contribution < -0.4 is 11.3 Å². The highest BCUT2D eigenvalue weighted by atomic mass is 16.7. The average Bonchev–Trinajstić information content (AvgIpc) is 2.11. The number of hydrogen-bond donors (Lipinski definition) is 2. The van der Waals surface area contributed by atoms with Gasteiger partial charge in [-0.15, -0.1) is 6.58 Å². The molecule has 0 aromatic rings. The Morgan fingerprint density at radius 3 is 2.31 bits per heavy atom. The van der Waals surface area contributed by atoms with Gasteiger partial charge >= 0.3 is 0 Å². The Morgan fingerprint density at radius 2 is 2.00 bits per heavy atom. The molecular formula is C9H20N2O2. The lowest BCUT2D eigenvalue weighted by Crippen LogP contribution is -2.45. The van der Waals surface area contributed by atoms with Gasteiger partial charge in [0.25, 0.3) is 0 Å². The van der Waals surface area contributed by atoms with Gasteiger partial charge in [-0.1, -0.05) is 5.57 Å². The third-order valence-electron chi connectivity index (χ3n) is 1.89. The van der Waals surface area contributed by atoms with Gasteiger partial charge in [0.1, 0.15) is 0 Å². The molecule has 1 atom stereocenters.